The Bertz CT molecular complexity index is 427. The molecule has 150 valence electrons. The summed E-state index contributed by atoms with van der Waals surface area (Å²) >= 11 is 0. The topological polar surface area (TPSA) is 57.5 Å². The molecule has 1 rings (SSSR count). The normalized spacial score (nSPS) is 23.2. The van der Waals surface area contributed by atoms with Gasteiger partial charge in [-0.2, -0.15) is 0 Å². The van der Waals surface area contributed by atoms with Crippen molar-refractivity contribution in [3.63, 3.8) is 0 Å². The van der Waals surface area contributed by atoms with E-state index in [4.69, 9.17) is 0 Å². The largest absolute Gasteiger partial charge is 0.386 e. The second kappa shape index (κ2) is 14.2. The van der Waals surface area contributed by atoms with Gasteiger partial charge in [0.2, 0.25) is 0 Å². The lowest BCUT2D eigenvalue weighted by Gasteiger charge is -2.33. The van der Waals surface area contributed by atoms with Gasteiger partial charge in [0, 0.05) is 6.42 Å². The summed E-state index contributed by atoms with van der Waals surface area (Å²) in [6.07, 6.45) is 23.2. The van der Waals surface area contributed by atoms with E-state index >= 15 is 0 Å². The Morgan fingerprint density at radius 3 is 2.12 bits per heavy atom. The molecule has 2 N–H and O–H groups in total. The highest BCUT2D eigenvalue weighted by Crippen LogP contribution is 2.28. The summed E-state index contributed by atoms with van der Waals surface area (Å²) in [6, 6.07) is 0. The van der Waals surface area contributed by atoms with Gasteiger partial charge in [-0.15, -0.1) is 0 Å². The Hall–Kier alpha value is -0.930. The van der Waals surface area contributed by atoms with Crippen molar-refractivity contribution in [2.45, 2.75) is 115 Å². The van der Waals surface area contributed by atoms with E-state index in [-0.39, 0.29) is 12.2 Å². The monoisotopic (exact) mass is 364 g/mol. The number of aliphatic hydroxyl groups excluding tert-OH is 1. The van der Waals surface area contributed by atoms with Crippen LogP contribution in [0, 0.1) is 0 Å². The van der Waals surface area contributed by atoms with Crippen LogP contribution in [0.15, 0.2) is 24.3 Å². The van der Waals surface area contributed by atoms with Crippen molar-refractivity contribution in [2.75, 3.05) is 0 Å². The molecule has 0 bridgehead atoms. The molecule has 0 spiro atoms. The second-order valence-corrected chi connectivity index (χ2v) is 7.88. The number of ketones is 1. The quantitative estimate of drug-likeness (QED) is 0.292. The molecule has 1 aliphatic carbocycles. The Morgan fingerprint density at radius 1 is 0.962 bits per heavy atom. The molecular weight excluding hydrogens is 324 g/mol. The smallest absolute Gasteiger partial charge is 0.158 e. The highest BCUT2D eigenvalue weighted by atomic mass is 16.3. The zero-order valence-electron chi connectivity index (χ0n) is 16.8. The van der Waals surface area contributed by atoms with E-state index in [2.05, 4.69) is 19.1 Å². The number of unbranched alkanes of at least 4 members (excludes halogenated alkanes) is 11. The minimum absolute atomic E-state index is 0.0497. The molecule has 0 unspecified atom stereocenters. The fourth-order valence-electron chi connectivity index (χ4n) is 3.58. The summed E-state index contributed by atoms with van der Waals surface area (Å²) in [5, 5.41) is 20.2. The Balaban J connectivity index is 1.91. The number of hydrogen-bond donors (Lipinski definition) is 2. The molecule has 0 aromatic carbocycles. The average molecular weight is 365 g/mol. The summed E-state index contributed by atoms with van der Waals surface area (Å²) in [7, 11) is 0. The number of carbonyl (C=O) groups excluding carboxylic acids is 1. The van der Waals surface area contributed by atoms with Crippen LogP contribution >= 0.6 is 0 Å². The van der Waals surface area contributed by atoms with Crippen molar-refractivity contribution in [3.05, 3.63) is 24.3 Å². The maximum atomic E-state index is 11.4. The fraction of sp³-hybridized carbons (Fsp3) is 0.783. The van der Waals surface area contributed by atoms with Crippen LogP contribution in [0.2, 0.25) is 0 Å². The first-order valence-electron chi connectivity index (χ1n) is 10.8. The lowest BCUT2D eigenvalue weighted by molar-refractivity contribution is -0.127. The van der Waals surface area contributed by atoms with E-state index in [0.29, 0.717) is 6.42 Å². The molecule has 0 aliphatic heterocycles. The van der Waals surface area contributed by atoms with Gasteiger partial charge in [0.25, 0.3) is 0 Å². The number of aliphatic hydroxyl groups is 2. The molecule has 0 fully saturated rings. The Kier molecular flexibility index (Phi) is 12.6. The first-order chi connectivity index (χ1) is 12.6. The van der Waals surface area contributed by atoms with Crippen LogP contribution in [0.5, 0.6) is 0 Å². The third kappa shape index (κ3) is 10.3. The van der Waals surface area contributed by atoms with Crippen molar-refractivity contribution in [3.8, 4) is 0 Å². The molecule has 0 aromatic rings. The van der Waals surface area contributed by atoms with Crippen LogP contribution in [0.1, 0.15) is 103 Å². The van der Waals surface area contributed by atoms with Crippen LogP contribution in [0.25, 0.3) is 0 Å². The number of carbonyl (C=O) groups is 1. The maximum absolute atomic E-state index is 11.4. The van der Waals surface area contributed by atoms with Gasteiger partial charge in [0.15, 0.2) is 5.78 Å². The Morgan fingerprint density at radius 2 is 1.50 bits per heavy atom. The molecule has 0 saturated carbocycles. The molecule has 2 atom stereocenters. The number of hydrogen-bond acceptors (Lipinski definition) is 3. The maximum Gasteiger partial charge on any atom is 0.158 e. The first kappa shape index (κ1) is 23.1. The van der Waals surface area contributed by atoms with Gasteiger partial charge < -0.3 is 10.2 Å². The lowest BCUT2D eigenvalue weighted by Crippen LogP contribution is -2.45. The van der Waals surface area contributed by atoms with Crippen molar-refractivity contribution in [1.29, 1.82) is 0 Å². The fourth-order valence-corrected chi connectivity index (χ4v) is 3.58. The van der Waals surface area contributed by atoms with Crippen molar-refractivity contribution in [2.24, 2.45) is 0 Å². The zero-order chi connectivity index (χ0) is 19.1. The van der Waals surface area contributed by atoms with Gasteiger partial charge in [-0.25, -0.2) is 0 Å². The molecule has 0 heterocycles. The summed E-state index contributed by atoms with van der Waals surface area (Å²) in [4.78, 5) is 11.4. The lowest BCUT2D eigenvalue weighted by atomic mass is 9.82. The molecule has 1 aliphatic rings. The van der Waals surface area contributed by atoms with E-state index < -0.39 is 11.7 Å². The SMILES string of the molecule is CCCCCCCC/C=C\CCCCCCC[C@@]1(O)CC(=O)C=C[C@@H]1O. The average Bonchev–Trinajstić information content (AvgIpc) is 2.62. The summed E-state index contributed by atoms with van der Waals surface area (Å²) in [5.74, 6) is -0.0921. The molecular formula is C23H40O3. The van der Waals surface area contributed by atoms with Crippen molar-refractivity contribution in [1.82, 2.24) is 0 Å². The minimum atomic E-state index is -1.24. The van der Waals surface area contributed by atoms with E-state index in [1.807, 2.05) is 0 Å². The molecule has 0 amide bonds. The standard InChI is InChI=1S/C23H40O3/c1-2-3-4-5-6-7-8-9-10-11-12-13-14-15-16-19-23(26)20-21(24)17-18-22(23)25/h9-10,17-18,22,25-26H,2-8,11-16,19-20H2,1H3/b10-9-/t22-,23+/m0/s1. The third-order valence-corrected chi connectivity index (χ3v) is 5.37. The van der Waals surface area contributed by atoms with Crippen LogP contribution in [-0.2, 0) is 4.79 Å². The highest BCUT2D eigenvalue weighted by molar-refractivity contribution is 5.91. The Labute approximate surface area is 160 Å². The van der Waals surface area contributed by atoms with Crippen LogP contribution in [0.3, 0.4) is 0 Å². The summed E-state index contributed by atoms with van der Waals surface area (Å²) < 4.78 is 0. The molecule has 26 heavy (non-hydrogen) atoms. The van der Waals surface area contributed by atoms with E-state index in [0.717, 1.165) is 25.7 Å². The number of rotatable bonds is 15. The van der Waals surface area contributed by atoms with E-state index in [1.165, 1.54) is 69.9 Å². The van der Waals surface area contributed by atoms with Gasteiger partial charge >= 0.3 is 0 Å². The van der Waals surface area contributed by atoms with Crippen LogP contribution < -0.4 is 0 Å². The van der Waals surface area contributed by atoms with Gasteiger partial charge in [0.1, 0.15) is 11.7 Å². The molecule has 0 aromatic heterocycles. The predicted octanol–water partition coefficient (Wildman–Crippen LogP) is 5.64. The molecule has 3 nitrogen and oxygen atoms in total. The highest BCUT2D eigenvalue weighted by Gasteiger charge is 2.37. The van der Waals surface area contributed by atoms with Crippen LogP contribution in [-0.4, -0.2) is 27.7 Å². The van der Waals surface area contributed by atoms with Gasteiger partial charge in [-0.1, -0.05) is 76.9 Å². The second-order valence-electron chi connectivity index (χ2n) is 7.88. The summed E-state index contributed by atoms with van der Waals surface area (Å²) in [6.45, 7) is 2.26. The zero-order valence-corrected chi connectivity index (χ0v) is 16.8. The van der Waals surface area contributed by atoms with Gasteiger partial charge in [-0.3, -0.25) is 4.79 Å². The third-order valence-electron chi connectivity index (χ3n) is 5.37. The first-order valence-corrected chi connectivity index (χ1v) is 10.8. The molecule has 3 heteroatoms. The molecule has 0 saturated heterocycles. The predicted molar refractivity (Wildman–Crippen MR) is 109 cm³/mol. The summed E-state index contributed by atoms with van der Waals surface area (Å²) in [5.41, 5.74) is -1.24. The molecule has 0 radical (unpaired) electrons. The van der Waals surface area contributed by atoms with Crippen LogP contribution in [0.4, 0.5) is 0 Å². The van der Waals surface area contributed by atoms with Crippen molar-refractivity contribution >= 4 is 5.78 Å². The van der Waals surface area contributed by atoms with Gasteiger partial charge in [0.05, 0.1) is 0 Å². The van der Waals surface area contributed by atoms with E-state index in [1.54, 1.807) is 0 Å². The minimum Gasteiger partial charge on any atom is -0.386 e. The van der Waals surface area contributed by atoms with Crippen molar-refractivity contribution < 1.29 is 15.0 Å². The van der Waals surface area contributed by atoms with Gasteiger partial charge in [-0.05, 0) is 44.3 Å². The van der Waals surface area contributed by atoms with E-state index in [9.17, 15) is 15.0 Å². The number of allylic oxidation sites excluding steroid dienone is 3.